The Morgan fingerprint density at radius 2 is 1.94 bits per heavy atom. The standard InChI is InChI=1S/C27H30ClN3O3/c1-15(2)31-14-20(7-8-23(31)28)30-18(5)21-11-16(3)12-22-25(32)17(4)26(34-27(21)22)19-9-10-29-24(13-19)33-6/h7-13,15,18,30H,14H2,1-6H3/t18-/m1/s1. The molecule has 0 spiro atoms. The van der Waals surface area contributed by atoms with Crippen LogP contribution in [0.25, 0.3) is 22.3 Å². The van der Waals surface area contributed by atoms with Crippen LogP contribution >= 0.6 is 11.6 Å². The summed E-state index contributed by atoms with van der Waals surface area (Å²) in [6.45, 7) is 10.8. The molecule has 0 bridgehead atoms. The van der Waals surface area contributed by atoms with Gasteiger partial charge in [0.1, 0.15) is 16.5 Å². The molecule has 1 aliphatic rings. The van der Waals surface area contributed by atoms with Gasteiger partial charge >= 0.3 is 0 Å². The molecule has 3 aromatic rings. The second-order valence-electron chi connectivity index (χ2n) is 8.97. The van der Waals surface area contributed by atoms with E-state index in [9.17, 15) is 4.79 Å². The molecule has 7 heteroatoms. The molecule has 1 N–H and O–H groups in total. The van der Waals surface area contributed by atoms with Gasteiger partial charge in [0.05, 0.1) is 25.1 Å². The molecule has 4 rings (SSSR count). The number of rotatable bonds is 6. The first-order valence-corrected chi connectivity index (χ1v) is 11.7. The van der Waals surface area contributed by atoms with Gasteiger partial charge < -0.3 is 19.4 Å². The molecule has 0 aliphatic carbocycles. The molecule has 0 saturated heterocycles. The fraction of sp³-hybridized carbons (Fsp3) is 0.333. The largest absolute Gasteiger partial charge is 0.481 e. The maximum Gasteiger partial charge on any atom is 0.213 e. The number of hydrogen-bond donors (Lipinski definition) is 1. The van der Waals surface area contributed by atoms with Crippen LogP contribution in [-0.2, 0) is 0 Å². The van der Waals surface area contributed by atoms with Crippen molar-refractivity contribution < 1.29 is 9.15 Å². The molecule has 6 nitrogen and oxygen atoms in total. The number of benzene rings is 1. The topological polar surface area (TPSA) is 67.6 Å². The lowest BCUT2D eigenvalue weighted by molar-refractivity contribution is 0.312. The Balaban J connectivity index is 1.80. The maximum atomic E-state index is 13.4. The van der Waals surface area contributed by atoms with Crippen LogP contribution in [0.3, 0.4) is 0 Å². The van der Waals surface area contributed by atoms with Crippen molar-refractivity contribution in [3.05, 3.63) is 80.4 Å². The fourth-order valence-electron chi connectivity index (χ4n) is 4.28. The van der Waals surface area contributed by atoms with E-state index in [4.69, 9.17) is 20.8 Å². The maximum absolute atomic E-state index is 13.4. The van der Waals surface area contributed by atoms with Gasteiger partial charge in [-0.2, -0.15) is 0 Å². The van der Waals surface area contributed by atoms with Crippen LogP contribution in [-0.4, -0.2) is 29.6 Å². The van der Waals surface area contributed by atoms with Gasteiger partial charge in [-0.1, -0.05) is 17.7 Å². The zero-order valence-corrected chi connectivity index (χ0v) is 21.2. The van der Waals surface area contributed by atoms with E-state index < -0.39 is 0 Å². The fourth-order valence-corrected chi connectivity index (χ4v) is 4.60. The minimum absolute atomic E-state index is 0.0400. The van der Waals surface area contributed by atoms with Crippen molar-refractivity contribution in [3.8, 4) is 17.2 Å². The number of ether oxygens (including phenoxy) is 1. The van der Waals surface area contributed by atoms with Crippen molar-refractivity contribution in [2.24, 2.45) is 0 Å². The minimum atomic E-state index is -0.0985. The summed E-state index contributed by atoms with van der Waals surface area (Å²) in [5.74, 6) is 0.984. The normalized spacial score (nSPS) is 14.8. The number of methoxy groups -OCH3 is 1. The molecule has 0 fully saturated rings. The lowest BCUT2D eigenvalue weighted by atomic mass is 9.99. The zero-order chi connectivity index (χ0) is 24.6. The molecule has 1 atom stereocenters. The molecule has 1 aromatic carbocycles. The molecule has 0 unspecified atom stereocenters. The van der Waals surface area contributed by atoms with E-state index in [0.717, 1.165) is 27.5 Å². The molecular formula is C27H30ClN3O3. The number of fused-ring (bicyclic) bond motifs is 1. The van der Waals surface area contributed by atoms with Gasteiger partial charge in [0.2, 0.25) is 5.88 Å². The monoisotopic (exact) mass is 479 g/mol. The summed E-state index contributed by atoms with van der Waals surface area (Å²) in [6, 6.07) is 7.74. The number of halogens is 1. The first-order valence-electron chi connectivity index (χ1n) is 11.4. The average molecular weight is 480 g/mol. The number of pyridine rings is 1. The average Bonchev–Trinajstić information content (AvgIpc) is 2.82. The van der Waals surface area contributed by atoms with Crippen LogP contribution in [0.4, 0.5) is 0 Å². The molecule has 1 aliphatic heterocycles. The molecule has 0 radical (unpaired) electrons. The van der Waals surface area contributed by atoms with E-state index in [0.29, 0.717) is 34.7 Å². The Bertz CT molecular complexity index is 1360. The third kappa shape index (κ3) is 4.55. The Hall–Kier alpha value is -3.25. The molecule has 3 heterocycles. The Morgan fingerprint density at radius 3 is 2.65 bits per heavy atom. The lowest BCUT2D eigenvalue weighted by Crippen LogP contribution is -2.36. The van der Waals surface area contributed by atoms with Crippen LogP contribution in [0.15, 0.2) is 62.7 Å². The highest BCUT2D eigenvalue weighted by atomic mass is 35.5. The number of hydrogen-bond acceptors (Lipinski definition) is 6. The Labute approximate surface area is 204 Å². The van der Waals surface area contributed by atoms with E-state index in [1.807, 2.05) is 31.2 Å². The Morgan fingerprint density at radius 1 is 1.18 bits per heavy atom. The molecule has 178 valence electrons. The van der Waals surface area contributed by atoms with Gasteiger partial charge in [0.15, 0.2) is 5.43 Å². The van der Waals surface area contributed by atoms with Gasteiger partial charge in [0.25, 0.3) is 0 Å². The molecule has 0 amide bonds. The number of aryl methyl sites for hydroxylation is 1. The van der Waals surface area contributed by atoms with Gasteiger partial charge in [-0.05, 0) is 64.5 Å². The van der Waals surface area contributed by atoms with Crippen molar-refractivity contribution in [1.82, 2.24) is 15.2 Å². The highest BCUT2D eigenvalue weighted by Gasteiger charge is 2.22. The van der Waals surface area contributed by atoms with Crippen molar-refractivity contribution in [2.75, 3.05) is 13.7 Å². The summed E-state index contributed by atoms with van der Waals surface area (Å²) in [7, 11) is 1.56. The van der Waals surface area contributed by atoms with Crippen LogP contribution in [0.5, 0.6) is 5.88 Å². The minimum Gasteiger partial charge on any atom is -0.481 e. The van der Waals surface area contributed by atoms with E-state index >= 15 is 0 Å². The van der Waals surface area contributed by atoms with Crippen LogP contribution in [0, 0.1) is 13.8 Å². The number of nitrogens with one attached hydrogen (secondary N) is 1. The third-order valence-electron chi connectivity index (χ3n) is 6.13. The number of allylic oxidation sites excluding steroid dienone is 2. The zero-order valence-electron chi connectivity index (χ0n) is 20.4. The van der Waals surface area contributed by atoms with Gasteiger partial charge in [0, 0.05) is 40.7 Å². The second kappa shape index (κ2) is 9.55. The van der Waals surface area contributed by atoms with E-state index in [1.54, 1.807) is 26.3 Å². The van der Waals surface area contributed by atoms with Crippen LogP contribution in [0.2, 0.25) is 0 Å². The first-order chi connectivity index (χ1) is 16.2. The molecule has 0 saturated carbocycles. The predicted octanol–water partition coefficient (Wildman–Crippen LogP) is 5.82. The van der Waals surface area contributed by atoms with E-state index in [2.05, 4.69) is 42.0 Å². The van der Waals surface area contributed by atoms with Crippen molar-refractivity contribution in [1.29, 1.82) is 0 Å². The Kier molecular flexibility index (Phi) is 6.71. The van der Waals surface area contributed by atoms with Gasteiger partial charge in [-0.15, -0.1) is 0 Å². The van der Waals surface area contributed by atoms with Crippen molar-refractivity contribution in [3.63, 3.8) is 0 Å². The summed E-state index contributed by atoms with van der Waals surface area (Å²) in [4.78, 5) is 19.7. The van der Waals surface area contributed by atoms with E-state index in [1.165, 1.54) is 0 Å². The van der Waals surface area contributed by atoms with Crippen LogP contribution < -0.4 is 15.5 Å². The van der Waals surface area contributed by atoms with Crippen LogP contribution in [0.1, 0.15) is 43.5 Å². The predicted molar refractivity (Wildman–Crippen MR) is 137 cm³/mol. The molecule has 2 aromatic heterocycles. The first kappa shape index (κ1) is 23.9. The van der Waals surface area contributed by atoms with Gasteiger partial charge in [-0.3, -0.25) is 4.79 Å². The third-order valence-corrected chi connectivity index (χ3v) is 6.47. The smallest absolute Gasteiger partial charge is 0.213 e. The SMILES string of the molecule is COc1cc(-c2oc3c([C@@H](C)NC4=CC=C(Cl)N(C(C)C)C4)cc(C)cc3c(=O)c2C)ccn1. The molecule has 34 heavy (non-hydrogen) atoms. The van der Waals surface area contributed by atoms with Crippen molar-refractivity contribution in [2.45, 2.75) is 46.7 Å². The highest BCUT2D eigenvalue weighted by Crippen LogP contribution is 2.32. The highest BCUT2D eigenvalue weighted by molar-refractivity contribution is 6.29. The summed E-state index contributed by atoms with van der Waals surface area (Å²) < 4.78 is 11.7. The number of nitrogens with zero attached hydrogens (tertiary/aromatic N) is 2. The number of aromatic nitrogens is 1. The summed E-state index contributed by atoms with van der Waals surface area (Å²) in [5, 5.41) is 4.90. The van der Waals surface area contributed by atoms with Gasteiger partial charge in [-0.25, -0.2) is 4.98 Å². The quantitative estimate of drug-likeness (QED) is 0.449. The second-order valence-corrected chi connectivity index (χ2v) is 9.36. The van der Waals surface area contributed by atoms with E-state index in [-0.39, 0.29) is 17.5 Å². The van der Waals surface area contributed by atoms with Crippen molar-refractivity contribution >= 4 is 22.6 Å². The summed E-state index contributed by atoms with van der Waals surface area (Å²) in [6.07, 6.45) is 5.56. The lowest BCUT2D eigenvalue weighted by Gasteiger charge is -2.33. The summed E-state index contributed by atoms with van der Waals surface area (Å²) >= 11 is 6.38. The molecular weight excluding hydrogens is 450 g/mol. The summed E-state index contributed by atoms with van der Waals surface area (Å²) in [5.41, 5.74) is 4.82.